The number of pyridine rings is 1. The molecule has 4 aromatic heterocycles. The van der Waals surface area contributed by atoms with Crippen LogP contribution in [-0.4, -0.2) is 30.6 Å². The predicted molar refractivity (Wildman–Crippen MR) is 89.1 cm³/mol. The Labute approximate surface area is 148 Å². The maximum Gasteiger partial charge on any atom is 0.417 e. The average molecular weight is 377 g/mol. The summed E-state index contributed by atoms with van der Waals surface area (Å²) in [5.74, 6) is -0.347. The van der Waals surface area contributed by atoms with Crippen molar-refractivity contribution in [1.82, 2.24) is 24.8 Å². The molecule has 10 heteroatoms. The van der Waals surface area contributed by atoms with Crippen LogP contribution in [0.3, 0.4) is 0 Å². The largest absolute Gasteiger partial charge is 0.417 e. The molecule has 0 aliphatic carbocycles. The molecule has 0 amide bonds. The number of aromatic nitrogens is 5. The minimum atomic E-state index is -4.62. The van der Waals surface area contributed by atoms with Crippen LogP contribution in [0.15, 0.2) is 23.6 Å². The normalized spacial score (nSPS) is 12.2. The molecule has 6 nitrogen and oxygen atoms in total. The van der Waals surface area contributed by atoms with Gasteiger partial charge in [0.05, 0.1) is 27.2 Å². The lowest BCUT2D eigenvalue weighted by Gasteiger charge is -2.09. The fourth-order valence-corrected chi connectivity index (χ4v) is 3.45. The van der Waals surface area contributed by atoms with Crippen LogP contribution in [0.2, 0.25) is 0 Å². The first kappa shape index (κ1) is 16.6. The number of alkyl halides is 3. The Hall–Kier alpha value is -2.88. The van der Waals surface area contributed by atoms with E-state index in [0.717, 1.165) is 6.07 Å². The third-order valence-electron chi connectivity index (χ3n) is 3.94. The molecule has 26 heavy (non-hydrogen) atoms. The number of carbonyl (C=O) groups excluding carboxylic acids is 1. The Morgan fingerprint density at radius 2 is 2.04 bits per heavy atom. The van der Waals surface area contributed by atoms with Gasteiger partial charge < -0.3 is 0 Å². The lowest BCUT2D eigenvalue weighted by atomic mass is 10.1. The number of rotatable bonds is 2. The fraction of sp³-hybridized carbons (Fsp3) is 0.188. The third kappa shape index (κ3) is 2.45. The molecule has 0 unspecified atom stereocenters. The molecule has 0 N–H and O–H groups in total. The van der Waals surface area contributed by atoms with E-state index in [1.165, 1.54) is 22.8 Å². The van der Waals surface area contributed by atoms with Crippen molar-refractivity contribution in [2.75, 3.05) is 0 Å². The summed E-state index contributed by atoms with van der Waals surface area (Å²) in [4.78, 5) is 16.5. The molecule has 4 rings (SSSR count). The minimum absolute atomic E-state index is 0.0531. The molecule has 0 atom stereocenters. The van der Waals surface area contributed by atoms with Crippen molar-refractivity contribution in [3.8, 4) is 10.6 Å². The highest BCUT2D eigenvalue weighted by Crippen LogP contribution is 2.38. The molecule has 0 aliphatic rings. The number of halogens is 3. The Kier molecular flexibility index (Phi) is 3.55. The van der Waals surface area contributed by atoms with Gasteiger partial charge in [-0.15, -0.1) is 26.6 Å². The topological polar surface area (TPSA) is 73.0 Å². The van der Waals surface area contributed by atoms with Gasteiger partial charge in [0.15, 0.2) is 17.1 Å². The van der Waals surface area contributed by atoms with Crippen LogP contribution in [0.5, 0.6) is 0 Å². The number of thiophene rings is 1. The zero-order chi connectivity index (χ0) is 18.6. The Morgan fingerprint density at radius 1 is 1.27 bits per heavy atom. The van der Waals surface area contributed by atoms with E-state index in [1.807, 2.05) is 0 Å². The molecule has 0 bridgehead atoms. The summed E-state index contributed by atoms with van der Waals surface area (Å²) in [6, 6.07) is 4.41. The van der Waals surface area contributed by atoms with E-state index in [9.17, 15) is 18.0 Å². The standard InChI is InChI=1S/C16H10F3N5OS/c1-7-13(8(2)25)21-22-15-12-9(16(17,18)19)6-10(11-4-3-5-26-11)20-14(12)23-24(7)15/h3-6H,1-2H3. The number of fused-ring (bicyclic) bond motifs is 3. The van der Waals surface area contributed by atoms with Crippen molar-refractivity contribution in [3.05, 3.63) is 40.5 Å². The zero-order valence-electron chi connectivity index (χ0n) is 13.5. The van der Waals surface area contributed by atoms with Gasteiger partial charge >= 0.3 is 6.18 Å². The SMILES string of the molecule is CC(=O)c1nnc2c3c(C(F)(F)F)cc(-c4cccs4)nc3nn2c1C. The monoisotopic (exact) mass is 377 g/mol. The van der Waals surface area contributed by atoms with Crippen molar-refractivity contribution in [2.24, 2.45) is 0 Å². The molecule has 132 valence electrons. The molecule has 0 saturated heterocycles. The Balaban J connectivity index is 2.14. The highest BCUT2D eigenvalue weighted by atomic mass is 32.1. The lowest BCUT2D eigenvalue weighted by Crippen LogP contribution is -2.09. The highest BCUT2D eigenvalue weighted by Gasteiger charge is 2.36. The molecule has 0 aliphatic heterocycles. The van der Waals surface area contributed by atoms with Crippen molar-refractivity contribution >= 4 is 33.8 Å². The molecule has 4 aromatic rings. The predicted octanol–water partition coefficient (Wildman–Crippen LogP) is 3.93. The van der Waals surface area contributed by atoms with E-state index < -0.39 is 11.7 Å². The molecule has 0 aromatic carbocycles. The average Bonchev–Trinajstić information content (AvgIpc) is 3.20. The van der Waals surface area contributed by atoms with Crippen LogP contribution in [0.25, 0.3) is 27.3 Å². The molecular formula is C16H10F3N5OS. The Morgan fingerprint density at radius 3 is 2.65 bits per heavy atom. The van der Waals surface area contributed by atoms with Gasteiger partial charge in [-0.3, -0.25) is 4.79 Å². The van der Waals surface area contributed by atoms with Gasteiger partial charge in [-0.25, -0.2) is 9.50 Å². The highest BCUT2D eigenvalue weighted by molar-refractivity contribution is 7.13. The molecule has 0 saturated carbocycles. The van der Waals surface area contributed by atoms with Gasteiger partial charge in [0.25, 0.3) is 0 Å². The summed E-state index contributed by atoms with van der Waals surface area (Å²) in [5.41, 5.74) is -0.518. The van der Waals surface area contributed by atoms with E-state index in [2.05, 4.69) is 20.3 Å². The molecule has 0 fully saturated rings. The second kappa shape index (κ2) is 5.56. The van der Waals surface area contributed by atoms with Crippen LogP contribution in [0, 0.1) is 6.92 Å². The van der Waals surface area contributed by atoms with Crippen LogP contribution in [0.4, 0.5) is 13.2 Å². The summed E-state index contributed by atoms with van der Waals surface area (Å²) in [6.07, 6.45) is -4.62. The van der Waals surface area contributed by atoms with E-state index in [0.29, 0.717) is 10.6 Å². The van der Waals surface area contributed by atoms with Gasteiger partial charge in [0.1, 0.15) is 5.69 Å². The van der Waals surface area contributed by atoms with Crippen LogP contribution < -0.4 is 0 Å². The number of aryl methyl sites for hydroxylation is 1. The molecular weight excluding hydrogens is 367 g/mol. The zero-order valence-corrected chi connectivity index (χ0v) is 14.3. The van der Waals surface area contributed by atoms with Crippen molar-refractivity contribution in [2.45, 2.75) is 20.0 Å². The quantitative estimate of drug-likeness (QED) is 0.495. The molecule has 4 heterocycles. The van der Waals surface area contributed by atoms with Crippen molar-refractivity contribution in [3.63, 3.8) is 0 Å². The van der Waals surface area contributed by atoms with Crippen LogP contribution >= 0.6 is 11.3 Å². The van der Waals surface area contributed by atoms with Gasteiger partial charge in [-0.05, 0) is 24.4 Å². The first-order chi connectivity index (χ1) is 12.3. The second-order valence-corrected chi connectivity index (χ2v) is 6.60. The number of hydrogen-bond donors (Lipinski definition) is 0. The second-order valence-electron chi connectivity index (χ2n) is 5.65. The smallest absolute Gasteiger partial charge is 0.293 e. The minimum Gasteiger partial charge on any atom is -0.293 e. The number of hydrogen-bond acceptors (Lipinski definition) is 6. The number of carbonyl (C=O) groups is 1. The summed E-state index contributed by atoms with van der Waals surface area (Å²) in [6.45, 7) is 2.86. The number of ketones is 1. The Bertz CT molecular complexity index is 1160. The van der Waals surface area contributed by atoms with Crippen LogP contribution in [0.1, 0.15) is 28.7 Å². The lowest BCUT2D eigenvalue weighted by molar-refractivity contribution is -0.136. The summed E-state index contributed by atoms with van der Waals surface area (Å²) in [5, 5.41) is 13.3. The molecule has 0 radical (unpaired) electrons. The first-order valence-electron chi connectivity index (χ1n) is 7.46. The fourth-order valence-electron chi connectivity index (χ4n) is 2.77. The van der Waals surface area contributed by atoms with E-state index in [-0.39, 0.29) is 33.9 Å². The number of nitrogens with zero attached hydrogens (tertiary/aromatic N) is 5. The molecule has 0 spiro atoms. The summed E-state index contributed by atoms with van der Waals surface area (Å²) >= 11 is 1.28. The maximum atomic E-state index is 13.7. The third-order valence-corrected chi connectivity index (χ3v) is 4.83. The summed E-state index contributed by atoms with van der Waals surface area (Å²) < 4.78 is 42.3. The van der Waals surface area contributed by atoms with Gasteiger partial charge in [-0.1, -0.05) is 6.07 Å². The van der Waals surface area contributed by atoms with Crippen LogP contribution in [-0.2, 0) is 6.18 Å². The van der Waals surface area contributed by atoms with Gasteiger partial charge in [0, 0.05) is 6.92 Å². The van der Waals surface area contributed by atoms with Gasteiger partial charge in [-0.2, -0.15) is 13.2 Å². The van der Waals surface area contributed by atoms with Crippen molar-refractivity contribution < 1.29 is 18.0 Å². The summed E-state index contributed by atoms with van der Waals surface area (Å²) in [7, 11) is 0. The van der Waals surface area contributed by atoms with Crippen molar-refractivity contribution in [1.29, 1.82) is 0 Å². The number of Topliss-reactive ketones (excluding diaryl/α,β-unsaturated/α-hetero) is 1. The van der Waals surface area contributed by atoms with Gasteiger partial charge in [0.2, 0.25) is 0 Å². The van der Waals surface area contributed by atoms with E-state index in [4.69, 9.17) is 0 Å². The van der Waals surface area contributed by atoms with E-state index >= 15 is 0 Å². The first-order valence-corrected chi connectivity index (χ1v) is 8.34. The maximum absolute atomic E-state index is 13.7. The van der Waals surface area contributed by atoms with E-state index in [1.54, 1.807) is 24.4 Å².